The zero-order valence-electron chi connectivity index (χ0n) is 9.36. The van der Waals surface area contributed by atoms with E-state index in [0.717, 1.165) is 0 Å². The lowest BCUT2D eigenvalue weighted by molar-refractivity contribution is 0.690. The molecule has 0 atom stereocenters. The van der Waals surface area contributed by atoms with Crippen LogP contribution in [0.1, 0.15) is 6.92 Å². The molecule has 0 aliphatic carbocycles. The third kappa shape index (κ3) is 1.94. The first-order valence-electron chi connectivity index (χ1n) is 5.00. The third-order valence-corrected chi connectivity index (χ3v) is 2.53. The van der Waals surface area contributed by atoms with Gasteiger partial charge in [-0.1, -0.05) is 0 Å². The van der Waals surface area contributed by atoms with E-state index in [1.54, 1.807) is 23.9 Å². The Morgan fingerprint density at radius 2 is 2.06 bits per heavy atom. The van der Waals surface area contributed by atoms with Gasteiger partial charge in [0.1, 0.15) is 11.5 Å². The summed E-state index contributed by atoms with van der Waals surface area (Å²) in [7, 11) is 0. The number of nitrogens with two attached hydrogens (primary N) is 2. The van der Waals surface area contributed by atoms with Crippen LogP contribution >= 0.6 is 0 Å². The maximum absolute atomic E-state index is 7.62. The average Bonchev–Trinajstić information content (AvgIpc) is 2.67. The van der Waals surface area contributed by atoms with Crippen molar-refractivity contribution in [1.82, 2.24) is 9.78 Å². The lowest BCUT2D eigenvalue weighted by Crippen LogP contribution is -2.29. The minimum atomic E-state index is -0.108. The zero-order chi connectivity index (χ0) is 12.6. The van der Waals surface area contributed by atoms with Gasteiger partial charge in [-0.3, -0.25) is 15.5 Å². The number of hydrogen-bond donors (Lipinski definition) is 4. The van der Waals surface area contributed by atoms with Crippen LogP contribution in [0.3, 0.4) is 0 Å². The molecule has 0 spiro atoms. The number of nitrogens with one attached hydrogen (secondary N) is 2. The molecule has 0 saturated carbocycles. The molecule has 1 aliphatic heterocycles. The van der Waals surface area contributed by atoms with Gasteiger partial charge in [0.05, 0.1) is 12.2 Å². The SMILES string of the molecule is CC1=NC(=N)C(=N)C(N)=C1Cn1ccc(N)n1. The molecule has 6 N–H and O–H groups in total. The van der Waals surface area contributed by atoms with Gasteiger partial charge in [0, 0.05) is 17.5 Å². The Labute approximate surface area is 97.8 Å². The number of nitrogen functional groups attached to an aromatic ring is 1. The molecule has 1 aromatic rings. The highest BCUT2D eigenvalue weighted by molar-refractivity contribution is 6.49. The van der Waals surface area contributed by atoms with Gasteiger partial charge in [0.15, 0.2) is 5.84 Å². The highest BCUT2D eigenvalue weighted by atomic mass is 15.3. The van der Waals surface area contributed by atoms with Crippen LogP contribution in [0.15, 0.2) is 28.5 Å². The fourth-order valence-corrected chi connectivity index (χ4v) is 1.59. The topological polar surface area (TPSA) is 130 Å². The van der Waals surface area contributed by atoms with Crippen molar-refractivity contribution in [2.24, 2.45) is 10.7 Å². The van der Waals surface area contributed by atoms with Crippen LogP contribution in [0.25, 0.3) is 0 Å². The minimum Gasteiger partial charge on any atom is -0.397 e. The molecule has 7 heteroatoms. The number of amidine groups is 1. The lowest BCUT2D eigenvalue weighted by atomic mass is 10.0. The molecule has 1 aliphatic rings. The maximum atomic E-state index is 7.62. The summed E-state index contributed by atoms with van der Waals surface area (Å²) in [5, 5.41) is 19.1. The molecule has 0 aromatic carbocycles. The summed E-state index contributed by atoms with van der Waals surface area (Å²) in [5.41, 5.74) is 12.9. The molecule has 2 heterocycles. The van der Waals surface area contributed by atoms with E-state index >= 15 is 0 Å². The summed E-state index contributed by atoms with van der Waals surface area (Å²) in [6.45, 7) is 2.16. The Morgan fingerprint density at radius 1 is 1.35 bits per heavy atom. The number of hydrogen-bond acceptors (Lipinski definition) is 5. The molecular weight excluding hydrogens is 218 g/mol. The molecular formula is C10H13N7. The van der Waals surface area contributed by atoms with Gasteiger partial charge in [-0.05, 0) is 13.0 Å². The van der Waals surface area contributed by atoms with Crippen LogP contribution < -0.4 is 11.5 Å². The third-order valence-electron chi connectivity index (χ3n) is 2.53. The lowest BCUT2D eigenvalue weighted by Gasteiger charge is -2.17. The fourth-order valence-electron chi connectivity index (χ4n) is 1.59. The van der Waals surface area contributed by atoms with Crippen molar-refractivity contribution in [3.63, 3.8) is 0 Å². The molecule has 0 fully saturated rings. The Morgan fingerprint density at radius 3 is 2.65 bits per heavy atom. The van der Waals surface area contributed by atoms with Crippen LogP contribution in [0.4, 0.5) is 5.82 Å². The zero-order valence-corrected chi connectivity index (χ0v) is 9.36. The summed E-state index contributed by atoms with van der Waals surface area (Å²) >= 11 is 0. The van der Waals surface area contributed by atoms with Gasteiger partial charge in [0.2, 0.25) is 0 Å². The van der Waals surface area contributed by atoms with Crippen molar-refractivity contribution < 1.29 is 0 Å². The second-order valence-corrected chi connectivity index (χ2v) is 3.75. The van der Waals surface area contributed by atoms with Crippen LogP contribution in [0, 0.1) is 10.8 Å². The van der Waals surface area contributed by atoms with Gasteiger partial charge in [-0.25, -0.2) is 4.99 Å². The van der Waals surface area contributed by atoms with E-state index in [9.17, 15) is 0 Å². The Balaban J connectivity index is 2.34. The van der Waals surface area contributed by atoms with Gasteiger partial charge < -0.3 is 11.5 Å². The number of allylic oxidation sites excluding steroid dienone is 1. The standard InChI is InChI=1S/C10H13N7/c1-5-6(4-17-3-2-7(11)16-17)8(12)9(13)10(14)15-5/h2-3,13-14H,4,12H2,1H3,(H2,11,16). The first-order valence-corrected chi connectivity index (χ1v) is 5.00. The monoisotopic (exact) mass is 231 g/mol. The average molecular weight is 231 g/mol. The highest BCUT2D eigenvalue weighted by Crippen LogP contribution is 2.13. The molecule has 17 heavy (non-hydrogen) atoms. The highest BCUT2D eigenvalue weighted by Gasteiger charge is 2.21. The number of rotatable bonds is 2. The van der Waals surface area contributed by atoms with E-state index < -0.39 is 0 Å². The minimum absolute atomic E-state index is 0.0503. The second-order valence-electron chi connectivity index (χ2n) is 3.75. The summed E-state index contributed by atoms with van der Waals surface area (Å²) in [6.07, 6.45) is 1.73. The Kier molecular flexibility index (Phi) is 2.51. The molecule has 0 saturated heterocycles. The van der Waals surface area contributed by atoms with Crippen LogP contribution in [-0.4, -0.2) is 27.0 Å². The smallest absolute Gasteiger partial charge is 0.172 e. The summed E-state index contributed by atoms with van der Waals surface area (Å²) in [4.78, 5) is 3.96. The van der Waals surface area contributed by atoms with Gasteiger partial charge in [-0.15, -0.1) is 0 Å². The molecule has 0 bridgehead atoms. The van der Waals surface area contributed by atoms with Crippen molar-refractivity contribution >= 4 is 23.1 Å². The normalized spacial score (nSPS) is 16.4. The molecule has 0 amide bonds. The number of aromatic nitrogens is 2. The van der Waals surface area contributed by atoms with Crippen LogP contribution in [0.2, 0.25) is 0 Å². The first-order chi connectivity index (χ1) is 7.99. The molecule has 88 valence electrons. The van der Waals surface area contributed by atoms with Crippen LogP contribution in [0.5, 0.6) is 0 Å². The van der Waals surface area contributed by atoms with E-state index in [0.29, 0.717) is 23.6 Å². The quantitative estimate of drug-likeness (QED) is 0.577. The van der Waals surface area contributed by atoms with Gasteiger partial charge >= 0.3 is 0 Å². The number of anilines is 1. The van der Waals surface area contributed by atoms with Crippen LogP contribution in [-0.2, 0) is 6.54 Å². The Bertz CT molecular complexity index is 561. The molecule has 0 radical (unpaired) electrons. The van der Waals surface area contributed by atoms with Crippen molar-refractivity contribution in [1.29, 1.82) is 10.8 Å². The first kappa shape index (κ1) is 11.1. The van der Waals surface area contributed by atoms with Crippen molar-refractivity contribution in [2.45, 2.75) is 13.5 Å². The van der Waals surface area contributed by atoms with Gasteiger partial charge in [0.25, 0.3) is 0 Å². The number of aliphatic imine (C=N–C) groups is 1. The fraction of sp³-hybridized carbons (Fsp3) is 0.200. The summed E-state index contributed by atoms with van der Waals surface area (Å²) < 4.78 is 1.62. The summed E-state index contributed by atoms with van der Waals surface area (Å²) in [6, 6.07) is 1.68. The van der Waals surface area contributed by atoms with E-state index in [-0.39, 0.29) is 17.2 Å². The molecule has 2 rings (SSSR count). The second kappa shape index (κ2) is 3.85. The molecule has 7 nitrogen and oxygen atoms in total. The van der Waals surface area contributed by atoms with Crippen molar-refractivity contribution in [2.75, 3.05) is 5.73 Å². The Hall–Kier alpha value is -2.44. The largest absolute Gasteiger partial charge is 0.397 e. The predicted octanol–water partition coefficient (Wildman–Crippen LogP) is 0.150. The number of nitrogens with zero attached hydrogens (tertiary/aromatic N) is 3. The van der Waals surface area contributed by atoms with E-state index in [4.69, 9.17) is 22.3 Å². The van der Waals surface area contributed by atoms with Crippen molar-refractivity contribution in [3.8, 4) is 0 Å². The predicted molar refractivity (Wildman–Crippen MR) is 66.4 cm³/mol. The van der Waals surface area contributed by atoms with E-state index in [1.807, 2.05) is 0 Å². The van der Waals surface area contributed by atoms with Crippen molar-refractivity contribution in [3.05, 3.63) is 23.5 Å². The molecule has 0 unspecified atom stereocenters. The summed E-state index contributed by atoms with van der Waals surface area (Å²) in [5.74, 6) is 0.320. The van der Waals surface area contributed by atoms with E-state index in [1.165, 1.54) is 0 Å². The number of dihydropyridines is 1. The molecule has 1 aromatic heterocycles. The van der Waals surface area contributed by atoms with Gasteiger partial charge in [-0.2, -0.15) is 5.10 Å². The maximum Gasteiger partial charge on any atom is 0.172 e. The van der Waals surface area contributed by atoms with E-state index in [2.05, 4.69) is 10.1 Å².